The van der Waals surface area contributed by atoms with Gasteiger partial charge in [-0.25, -0.2) is 0 Å². The summed E-state index contributed by atoms with van der Waals surface area (Å²) in [4.78, 5) is 2.55. The van der Waals surface area contributed by atoms with Gasteiger partial charge in [0.1, 0.15) is 0 Å². The fourth-order valence-electron chi connectivity index (χ4n) is 4.96. The summed E-state index contributed by atoms with van der Waals surface area (Å²) in [6.45, 7) is 0.979. The lowest BCUT2D eigenvalue weighted by atomic mass is 9.66. The number of hydrogen-bond donors (Lipinski definition) is 0. The first-order valence-electron chi connectivity index (χ1n) is 6.83. The van der Waals surface area contributed by atoms with E-state index in [0.29, 0.717) is 12.0 Å². The third-order valence-electron chi connectivity index (χ3n) is 5.57. The predicted molar refractivity (Wildman–Crippen MR) is 63.8 cm³/mol. The molecular formula is C14H22N2. The van der Waals surface area contributed by atoms with Crippen molar-refractivity contribution >= 4 is 0 Å². The first-order valence-corrected chi connectivity index (χ1v) is 6.83. The van der Waals surface area contributed by atoms with Crippen LogP contribution in [0.25, 0.3) is 0 Å². The largest absolute Gasteiger partial charge is 0.299 e. The molecule has 4 atom stereocenters. The van der Waals surface area contributed by atoms with Gasteiger partial charge >= 0.3 is 0 Å². The van der Waals surface area contributed by atoms with Gasteiger partial charge in [0.05, 0.1) is 6.07 Å². The first-order chi connectivity index (χ1) is 7.74. The van der Waals surface area contributed by atoms with Crippen LogP contribution in [0.3, 0.4) is 0 Å². The highest BCUT2D eigenvalue weighted by Crippen LogP contribution is 2.59. The molecule has 88 valence electrons. The molecule has 0 heterocycles. The minimum Gasteiger partial charge on any atom is -0.299 e. The summed E-state index contributed by atoms with van der Waals surface area (Å²) >= 11 is 0. The van der Waals surface area contributed by atoms with Gasteiger partial charge in [0.25, 0.3) is 0 Å². The second kappa shape index (κ2) is 3.74. The summed E-state index contributed by atoms with van der Waals surface area (Å²) in [7, 11) is 2.26. The predicted octanol–water partition coefficient (Wildman–Crippen LogP) is 2.80. The summed E-state index contributed by atoms with van der Waals surface area (Å²) < 4.78 is 0. The van der Waals surface area contributed by atoms with Crippen LogP contribution < -0.4 is 0 Å². The Morgan fingerprint density at radius 2 is 2.06 bits per heavy atom. The number of hydrogen-bond acceptors (Lipinski definition) is 2. The minimum absolute atomic E-state index is 0.503. The molecule has 2 heteroatoms. The molecule has 0 aliphatic heterocycles. The number of nitriles is 1. The highest BCUT2D eigenvalue weighted by Gasteiger charge is 2.56. The standard InChI is InChI=1S/C14H22N2/c1-16(6-2-5-15)14-9-11-3-4-13(14)8-12(7-11)10-14/h11-13H,2-4,6-10H2,1H3/t11-,12-,13+,14-/m1/s1. The quantitative estimate of drug-likeness (QED) is 0.728. The molecule has 0 spiro atoms. The van der Waals surface area contributed by atoms with E-state index in [9.17, 15) is 0 Å². The molecule has 3 bridgehead atoms. The van der Waals surface area contributed by atoms with Crippen molar-refractivity contribution in [3.05, 3.63) is 0 Å². The summed E-state index contributed by atoms with van der Waals surface area (Å²) in [5.74, 6) is 2.96. The molecule has 0 N–H and O–H groups in total. The lowest BCUT2D eigenvalue weighted by Gasteiger charge is -2.51. The van der Waals surface area contributed by atoms with Crippen LogP contribution in [-0.2, 0) is 0 Å². The van der Waals surface area contributed by atoms with Gasteiger partial charge < -0.3 is 0 Å². The van der Waals surface area contributed by atoms with Gasteiger partial charge in [-0.05, 0) is 56.9 Å². The Labute approximate surface area is 98.6 Å². The Morgan fingerprint density at radius 1 is 1.25 bits per heavy atom. The van der Waals surface area contributed by atoms with Crippen molar-refractivity contribution in [3.63, 3.8) is 0 Å². The van der Waals surface area contributed by atoms with Gasteiger partial charge in [0, 0.05) is 18.5 Å². The van der Waals surface area contributed by atoms with E-state index in [-0.39, 0.29) is 0 Å². The molecule has 2 nitrogen and oxygen atoms in total. The molecule has 3 saturated carbocycles. The molecule has 0 aromatic heterocycles. The van der Waals surface area contributed by atoms with Crippen LogP contribution in [0.2, 0.25) is 0 Å². The van der Waals surface area contributed by atoms with Crippen LogP contribution in [0.1, 0.15) is 44.9 Å². The Morgan fingerprint density at radius 3 is 2.88 bits per heavy atom. The molecule has 3 rings (SSSR count). The summed E-state index contributed by atoms with van der Waals surface area (Å²) in [5, 5.41) is 8.74. The molecule has 16 heavy (non-hydrogen) atoms. The number of fused-ring (bicyclic) bond motifs is 2. The van der Waals surface area contributed by atoms with Crippen LogP contribution in [0.5, 0.6) is 0 Å². The molecule has 0 aromatic carbocycles. The van der Waals surface area contributed by atoms with Crippen molar-refractivity contribution < 1.29 is 0 Å². The van der Waals surface area contributed by atoms with E-state index in [1.165, 1.54) is 38.5 Å². The number of rotatable bonds is 3. The maximum atomic E-state index is 8.74. The summed E-state index contributed by atoms with van der Waals surface area (Å²) in [6, 6.07) is 2.30. The van der Waals surface area contributed by atoms with Crippen LogP contribution in [0, 0.1) is 29.1 Å². The Kier molecular flexibility index (Phi) is 2.47. The normalized spacial score (nSPS) is 44.9. The fourth-order valence-corrected chi connectivity index (χ4v) is 4.96. The van der Waals surface area contributed by atoms with Gasteiger partial charge in [-0.1, -0.05) is 6.42 Å². The zero-order valence-corrected chi connectivity index (χ0v) is 10.3. The van der Waals surface area contributed by atoms with Gasteiger partial charge in [0.2, 0.25) is 0 Å². The Bertz CT molecular complexity index is 319. The van der Waals surface area contributed by atoms with E-state index in [1.807, 2.05) is 0 Å². The molecule has 0 amide bonds. The van der Waals surface area contributed by atoms with E-state index in [0.717, 1.165) is 24.3 Å². The average Bonchev–Trinajstić information content (AvgIpc) is 2.44. The highest BCUT2D eigenvalue weighted by atomic mass is 15.2. The summed E-state index contributed by atoms with van der Waals surface area (Å²) in [5.41, 5.74) is 0.503. The van der Waals surface area contributed by atoms with Crippen LogP contribution in [0.15, 0.2) is 0 Å². The van der Waals surface area contributed by atoms with Crippen LogP contribution in [0.4, 0.5) is 0 Å². The van der Waals surface area contributed by atoms with E-state index in [1.54, 1.807) is 0 Å². The van der Waals surface area contributed by atoms with Gasteiger partial charge in [-0.3, -0.25) is 4.90 Å². The first kappa shape index (κ1) is 10.6. The van der Waals surface area contributed by atoms with Crippen molar-refractivity contribution in [2.24, 2.45) is 17.8 Å². The smallest absolute Gasteiger partial charge is 0.0635 e. The lowest BCUT2D eigenvalue weighted by molar-refractivity contribution is 0.00159. The van der Waals surface area contributed by atoms with E-state index < -0.39 is 0 Å². The number of nitrogens with zero attached hydrogens (tertiary/aromatic N) is 2. The highest BCUT2D eigenvalue weighted by molar-refractivity contribution is 5.10. The van der Waals surface area contributed by atoms with Crippen molar-refractivity contribution in [3.8, 4) is 6.07 Å². The second-order valence-electron chi connectivity index (χ2n) is 6.32. The van der Waals surface area contributed by atoms with Crippen LogP contribution in [-0.4, -0.2) is 24.0 Å². The topological polar surface area (TPSA) is 27.0 Å². The monoisotopic (exact) mass is 218 g/mol. The zero-order chi connectivity index (χ0) is 11.2. The minimum atomic E-state index is 0.503. The molecular weight excluding hydrogens is 196 g/mol. The maximum Gasteiger partial charge on any atom is 0.0635 e. The van der Waals surface area contributed by atoms with E-state index in [2.05, 4.69) is 18.0 Å². The van der Waals surface area contributed by atoms with Crippen molar-refractivity contribution in [2.45, 2.75) is 50.5 Å². The van der Waals surface area contributed by atoms with E-state index in [4.69, 9.17) is 5.26 Å². The average molecular weight is 218 g/mol. The van der Waals surface area contributed by atoms with Gasteiger partial charge in [-0.15, -0.1) is 0 Å². The van der Waals surface area contributed by atoms with Crippen molar-refractivity contribution in [1.82, 2.24) is 4.90 Å². The third kappa shape index (κ3) is 1.41. The maximum absolute atomic E-state index is 8.74. The van der Waals surface area contributed by atoms with Gasteiger partial charge in [-0.2, -0.15) is 5.26 Å². The molecule has 3 aliphatic carbocycles. The van der Waals surface area contributed by atoms with Gasteiger partial charge in [0.15, 0.2) is 0 Å². The Balaban J connectivity index is 1.80. The Hall–Kier alpha value is -0.550. The molecule has 0 saturated heterocycles. The van der Waals surface area contributed by atoms with E-state index >= 15 is 0 Å². The molecule has 3 aliphatic rings. The molecule has 0 aromatic rings. The van der Waals surface area contributed by atoms with Crippen LogP contribution >= 0.6 is 0 Å². The SMILES string of the molecule is CN(CCC#N)[C@@]12C[C@@H]3CC[C@H]1C[C@@H](C3)C2. The summed E-state index contributed by atoms with van der Waals surface area (Å²) in [6.07, 6.45) is 9.47. The second-order valence-corrected chi connectivity index (χ2v) is 6.32. The lowest BCUT2D eigenvalue weighted by Crippen LogP contribution is -2.54. The molecule has 0 unspecified atom stereocenters. The third-order valence-corrected chi connectivity index (χ3v) is 5.57. The molecule has 3 fully saturated rings. The van der Waals surface area contributed by atoms with Crippen molar-refractivity contribution in [1.29, 1.82) is 5.26 Å². The fraction of sp³-hybridized carbons (Fsp3) is 0.929. The zero-order valence-electron chi connectivity index (χ0n) is 10.3. The van der Waals surface area contributed by atoms with Crippen molar-refractivity contribution in [2.75, 3.05) is 13.6 Å². The molecule has 0 radical (unpaired) electrons.